The van der Waals surface area contributed by atoms with Crippen LogP contribution in [0.15, 0.2) is 54.0 Å². The molecule has 0 radical (unpaired) electrons. The molecule has 0 aromatic heterocycles. The Kier molecular flexibility index (Phi) is 11.5. The average Bonchev–Trinajstić information content (AvgIpc) is 2.75. The van der Waals surface area contributed by atoms with E-state index in [-0.39, 0.29) is 37.1 Å². The first-order valence-corrected chi connectivity index (χ1v) is 9.23. The highest BCUT2D eigenvalue weighted by Gasteiger charge is 2.15. The zero-order chi connectivity index (χ0) is 21.9. The number of hydrogen-bond acceptors (Lipinski definition) is 3. The first-order valence-electron chi connectivity index (χ1n) is 9.23. The Morgan fingerprint density at radius 3 is 2.58 bits per heavy atom. The van der Waals surface area contributed by atoms with Gasteiger partial charge >= 0.3 is 0 Å². The summed E-state index contributed by atoms with van der Waals surface area (Å²) in [7, 11) is 0. The second-order valence-electron chi connectivity index (χ2n) is 6.03. The number of aliphatic imine (C=N–C) groups is 1. The van der Waals surface area contributed by atoms with Crippen LogP contribution in [0.25, 0.3) is 0 Å². The van der Waals surface area contributed by atoms with Gasteiger partial charge in [-0.15, -0.1) is 24.0 Å². The fraction of sp³-hybridized carbons (Fsp3) is 0.238. The Morgan fingerprint density at radius 1 is 1.13 bits per heavy atom. The minimum absolute atomic E-state index is 0. The molecule has 2 rings (SSSR count). The van der Waals surface area contributed by atoms with Gasteiger partial charge in [-0.05, 0) is 25.1 Å². The number of carbonyl (C=O) groups is 1. The second kappa shape index (κ2) is 13.5. The summed E-state index contributed by atoms with van der Waals surface area (Å²) in [6.45, 7) is 6.39. The van der Waals surface area contributed by atoms with Gasteiger partial charge in [0.25, 0.3) is 0 Å². The van der Waals surface area contributed by atoms with Crippen LogP contribution < -0.4 is 20.7 Å². The van der Waals surface area contributed by atoms with E-state index in [0.29, 0.717) is 24.9 Å². The maximum absolute atomic E-state index is 13.7. The molecular weight excluding hydrogens is 524 g/mol. The fourth-order valence-electron chi connectivity index (χ4n) is 2.41. The quantitative estimate of drug-likeness (QED) is 0.146. The Hall–Kier alpha value is -2.76. The van der Waals surface area contributed by atoms with Gasteiger partial charge in [-0.2, -0.15) is 0 Å². The number of carbonyl (C=O) groups excluding carboxylic acids is 1. The van der Waals surface area contributed by atoms with Gasteiger partial charge in [-0.1, -0.05) is 30.9 Å². The minimum Gasteiger partial charge on any atom is -0.489 e. The molecular formula is C21H24F3IN4O2. The van der Waals surface area contributed by atoms with Crippen molar-refractivity contribution in [3.05, 3.63) is 72.1 Å². The van der Waals surface area contributed by atoms with Crippen LogP contribution in [0.1, 0.15) is 12.5 Å². The summed E-state index contributed by atoms with van der Waals surface area (Å²) >= 11 is 0. The van der Waals surface area contributed by atoms with Crippen molar-refractivity contribution in [2.45, 2.75) is 13.5 Å². The van der Waals surface area contributed by atoms with E-state index in [0.717, 1.165) is 17.7 Å². The summed E-state index contributed by atoms with van der Waals surface area (Å²) in [4.78, 5) is 16.4. The van der Waals surface area contributed by atoms with E-state index < -0.39 is 29.0 Å². The van der Waals surface area contributed by atoms with Crippen molar-refractivity contribution in [3.63, 3.8) is 0 Å². The maximum Gasteiger partial charge on any atom is 0.243 e. The van der Waals surface area contributed by atoms with E-state index in [1.165, 1.54) is 0 Å². The van der Waals surface area contributed by atoms with Crippen molar-refractivity contribution in [2.24, 2.45) is 4.99 Å². The van der Waals surface area contributed by atoms with Gasteiger partial charge in [0, 0.05) is 12.1 Å². The highest BCUT2D eigenvalue weighted by atomic mass is 127. The van der Waals surface area contributed by atoms with Gasteiger partial charge in [0.2, 0.25) is 5.91 Å². The number of hydrogen-bond donors (Lipinski definition) is 3. The van der Waals surface area contributed by atoms with Gasteiger partial charge in [0.15, 0.2) is 23.4 Å². The molecule has 0 heterocycles. The fourth-order valence-corrected chi connectivity index (χ4v) is 2.41. The number of rotatable bonds is 9. The van der Waals surface area contributed by atoms with Crippen molar-refractivity contribution in [3.8, 4) is 5.75 Å². The van der Waals surface area contributed by atoms with E-state index in [1.807, 2.05) is 31.2 Å². The summed E-state index contributed by atoms with van der Waals surface area (Å²) in [6, 6.07) is 9.07. The van der Waals surface area contributed by atoms with Crippen molar-refractivity contribution in [1.29, 1.82) is 0 Å². The third-order valence-electron chi connectivity index (χ3n) is 3.81. The summed E-state index contributed by atoms with van der Waals surface area (Å²) < 4.78 is 45.5. The first-order chi connectivity index (χ1) is 14.5. The van der Waals surface area contributed by atoms with E-state index in [4.69, 9.17) is 4.74 Å². The summed E-state index contributed by atoms with van der Waals surface area (Å²) in [6.07, 6.45) is 1.64. The molecule has 3 N–H and O–H groups in total. The number of guanidine groups is 1. The average molecular weight is 548 g/mol. The number of nitrogens with zero attached hydrogens (tertiary/aromatic N) is 1. The molecule has 2 aromatic rings. The Balaban J connectivity index is 0.00000480. The minimum atomic E-state index is -1.65. The van der Waals surface area contributed by atoms with Crippen molar-refractivity contribution >= 4 is 41.5 Å². The molecule has 31 heavy (non-hydrogen) atoms. The Bertz CT molecular complexity index is 925. The van der Waals surface area contributed by atoms with E-state index in [2.05, 4.69) is 27.5 Å². The largest absolute Gasteiger partial charge is 0.489 e. The number of para-hydroxylation sites is 1. The van der Waals surface area contributed by atoms with Gasteiger partial charge in [0.1, 0.15) is 12.4 Å². The van der Waals surface area contributed by atoms with Crippen molar-refractivity contribution in [2.75, 3.05) is 25.0 Å². The zero-order valence-electron chi connectivity index (χ0n) is 16.9. The predicted octanol–water partition coefficient (Wildman–Crippen LogP) is 3.98. The molecule has 10 heteroatoms. The molecule has 0 saturated carbocycles. The summed E-state index contributed by atoms with van der Waals surface area (Å²) in [5, 5.41) is 7.97. The number of ether oxygens (including phenoxy) is 1. The number of nitrogens with one attached hydrogen (secondary N) is 3. The molecule has 0 unspecified atom stereocenters. The normalized spacial score (nSPS) is 10.6. The van der Waals surface area contributed by atoms with Crippen LogP contribution in [-0.4, -0.2) is 31.6 Å². The molecule has 0 bridgehead atoms. The molecule has 0 aliphatic carbocycles. The van der Waals surface area contributed by atoms with Crippen LogP contribution in [0, 0.1) is 17.5 Å². The van der Waals surface area contributed by atoms with Gasteiger partial charge in [-0.3, -0.25) is 4.79 Å². The Labute approximate surface area is 196 Å². The highest BCUT2D eigenvalue weighted by molar-refractivity contribution is 14.0. The molecule has 1 amide bonds. The topological polar surface area (TPSA) is 74.8 Å². The lowest BCUT2D eigenvalue weighted by Gasteiger charge is -2.13. The van der Waals surface area contributed by atoms with Crippen LogP contribution in [0.2, 0.25) is 0 Å². The van der Waals surface area contributed by atoms with Gasteiger partial charge in [-0.25, -0.2) is 18.2 Å². The molecule has 0 atom stereocenters. The molecule has 0 spiro atoms. The number of anilines is 1. The molecule has 2 aromatic carbocycles. The van der Waals surface area contributed by atoms with Crippen LogP contribution in [-0.2, 0) is 11.3 Å². The maximum atomic E-state index is 13.7. The lowest BCUT2D eigenvalue weighted by molar-refractivity contribution is -0.115. The lowest BCUT2D eigenvalue weighted by atomic mass is 10.2. The SMILES string of the molecule is C=CCOc1ccccc1CN=C(NCC)NCC(=O)Nc1ccc(F)c(F)c1F.I. The molecule has 0 fully saturated rings. The zero-order valence-corrected chi connectivity index (χ0v) is 19.2. The predicted molar refractivity (Wildman–Crippen MR) is 125 cm³/mol. The van der Waals surface area contributed by atoms with Crippen LogP contribution in [0.5, 0.6) is 5.75 Å². The summed E-state index contributed by atoms with van der Waals surface area (Å²) in [5.74, 6) is -4.07. The smallest absolute Gasteiger partial charge is 0.243 e. The summed E-state index contributed by atoms with van der Waals surface area (Å²) in [5.41, 5.74) is 0.390. The molecule has 6 nitrogen and oxygen atoms in total. The van der Waals surface area contributed by atoms with Crippen molar-refractivity contribution in [1.82, 2.24) is 10.6 Å². The van der Waals surface area contributed by atoms with Gasteiger partial charge in [0.05, 0.1) is 18.8 Å². The highest BCUT2D eigenvalue weighted by Crippen LogP contribution is 2.20. The van der Waals surface area contributed by atoms with E-state index in [1.54, 1.807) is 6.08 Å². The van der Waals surface area contributed by atoms with E-state index in [9.17, 15) is 18.0 Å². The molecule has 0 saturated heterocycles. The number of halogens is 4. The van der Waals surface area contributed by atoms with Crippen LogP contribution in [0.4, 0.5) is 18.9 Å². The first kappa shape index (κ1) is 26.3. The third-order valence-corrected chi connectivity index (χ3v) is 3.81. The third kappa shape index (κ3) is 8.12. The monoisotopic (exact) mass is 548 g/mol. The second-order valence-corrected chi connectivity index (χ2v) is 6.03. The molecule has 0 aliphatic heterocycles. The van der Waals surface area contributed by atoms with E-state index >= 15 is 0 Å². The number of amides is 1. The Morgan fingerprint density at radius 2 is 1.87 bits per heavy atom. The number of benzene rings is 2. The van der Waals surface area contributed by atoms with Crippen LogP contribution >= 0.6 is 24.0 Å². The standard InChI is InChI=1S/C21H23F3N4O2.HI/c1-3-11-30-17-8-6-5-7-14(17)12-26-21(25-4-2)27-13-18(29)28-16-10-9-15(22)19(23)20(16)24;/h3,5-10H,1,4,11-13H2,2H3,(H,28,29)(H2,25,26,27);1H. The van der Waals surface area contributed by atoms with Crippen LogP contribution in [0.3, 0.4) is 0 Å². The lowest BCUT2D eigenvalue weighted by Crippen LogP contribution is -2.41. The molecule has 168 valence electrons. The van der Waals surface area contributed by atoms with Crippen molar-refractivity contribution < 1.29 is 22.7 Å². The van der Waals surface area contributed by atoms with Gasteiger partial charge < -0.3 is 20.7 Å². The molecule has 0 aliphatic rings.